The maximum Gasteiger partial charge on any atom is 0.294 e. The number of nitro benzene ring substituents is 1. The predicted octanol–water partition coefficient (Wildman–Crippen LogP) is 5.73. The molecular formula is C29H35N7O3. The van der Waals surface area contributed by atoms with Crippen LogP contribution < -0.4 is 15.0 Å². The van der Waals surface area contributed by atoms with Crippen molar-refractivity contribution in [1.29, 1.82) is 0 Å². The number of hydrogen-bond acceptors (Lipinski definition) is 8. The fraction of sp³-hybridized carbons (Fsp3) is 0.379. The summed E-state index contributed by atoms with van der Waals surface area (Å²) in [5, 5.41) is 16.3. The van der Waals surface area contributed by atoms with Crippen LogP contribution in [0, 0.1) is 16.0 Å². The van der Waals surface area contributed by atoms with Crippen molar-refractivity contribution in [3.63, 3.8) is 0 Å². The average molecular weight is 530 g/mol. The molecule has 1 saturated carbocycles. The number of nitro groups is 1. The highest BCUT2D eigenvalue weighted by atomic mass is 16.6. The topological polar surface area (TPSA) is 102 Å². The number of nitrogens with one attached hydrogen (secondary N) is 1. The first-order valence-electron chi connectivity index (χ1n) is 13.2. The van der Waals surface area contributed by atoms with Gasteiger partial charge in [-0.15, -0.1) is 0 Å². The Morgan fingerprint density at radius 3 is 2.64 bits per heavy atom. The first kappa shape index (κ1) is 26.4. The van der Waals surface area contributed by atoms with Gasteiger partial charge in [0.05, 0.1) is 23.4 Å². The first-order chi connectivity index (χ1) is 18.8. The third-order valence-corrected chi connectivity index (χ3v) is 7.45. The number of likely N-dealkylation sites (N-methyl/N-ethyl adjacent to an activating group) is 2. The fourth-order valence-corrected chi connectivity index (χ4v) is 4.99. The molecule has 10 nitrogen and oxygen atoms in total. The molecule has 5 rings (SSSR count). The van der Waals surface area contributed by atoms with E-state index in [-0.39, 0.29) is 10.6 Å². The Morgan fingerprint density at radius 2 is 1.95 bits per heavy atom. The van der Waals surface area contributed by atoms with E-state index in [2.05, 4.69) is 46.2 Å². The summed E-state index contributed by atoms with van der Waals surface area (Å²) in [5.41, 5.74) is 3.88. The van der Waals surface area contributed by atoms with Gasteiger partial charge in [0.1, 0.15) is 11.4 Å². The van der Waals surface area contributed by atoms with Crippen LogP contribution in [0.3, 0.4) is 0 Å². The van der Waals surface area contributed by atoms with E-state index in [9.17, 15) is 10.1 Å². The summed E-state index contributed by atoms with van der Waals surface area (Å²) in [6.45, 7) is 3.66. The summed E-state index contributed by atoms with van der Waals surface area (Å²) >= 11 is 0. The van der Waals surface area contributed by atoms with Gasteiger partial charge >= 0.3 is 0 Å². The molecule has 0 saturated heterocycles. The van der Waals surface area contributed by atoms with E-state index in [0.717, 1.165) is 23.2 Å². The molecule has 2 aromatic heterocycles. The highest BCUT2D eigenvalue weighted by Crippen LogP contribution is 2.43. The number of ether oxygens (including phenoxy) is 1. The molecule has 0 amide bonds. The summed E-state index contributed by atoms with van der Waals surface area (Å²) in [7, 11) is 7.32. The van der Waals surface area contributed by atoms with Crippen molar-refractivity contribution in [3.05, 3.63) is 65.0 Å². The summed E-state index contributed by atoms with van der Waals surface area (Å²) in [4.78, 5) is 24.7. The quantitative estimate of drug-likeness (QED) is 0.194. The smallest absolute Gasteiger partial charge is 0.294 e. The zero-order valence-corrected chi connectivity index (χ0v) is 23.1. The zero-order chi connectivity index (χ0) is 27.7. The molecule has 1 aliphatic carbocycles. The van der Waals surface area contributed by atoms with Gasteiger partial charge in [-0.05, 0) is 51.9 Å². The standard InChI is InChI=1S/C29H35N7O3/c1-19(20-10-11-20)35-18-22(21-8-6-7-9-25(21)35)23-12-13-30-29(31-23)32-24-16-27(36(37)38)26(17-28(24)39-5)34(4)15-14-33(2)3/h6-9,12-13,16-20H,10-11,14-15H2,1-5H3,(H,30,31,32). The van der Waals surface area contributed by atoms with Crippen LogP contribution in [-0.2, 0) is 0 Å². The average Bonchev–Trinajstić information content (AvgIpc) is 3.71. The lowest BCUT2D eigenvalue weighted by Crippen LogP contribution is -2.28. The van der Waals surface area contributed by atoms with E-state index in [1.807, 2.05) is 43.1 Å². The highest BCUT2D eigenvalue weighted by Gasteiger charge is 2.30. The minimum Gasteiger partial charge on any atom is -0.494 e. The lowest BCUT2D eigenvalue weighted by Gasteiger charge is -2.22. The maximum atomic E-state index is 12.0. The van der Waals surface area contributed by atoms with Crippen LogP contribution in [0.25, 0.3) is 22.2 Å². The molecule has 1 unspecified atom stereocenters. The Balaban J connectivity index is 1.49. The molecule has 1 atom stereocenters. The Kier molecular flexibility index (Phi) is 7.38. The van der Waals surface area contributed by atoms with Gasteiger partial charge in [0.15, 0.2) is 0 Å². The summed E-state index contributed by atoms with van der Waals surface area (Å²) in [6.07, 6.45) is 6.42. The van der Waals surface area contributed by atoms with Crippen molar-refractivity contribution >= 4 is 33.9 Å². The van der Waals surface area contributed by atoms with Crippen molar-refractivity contribution in [2.24, 2.45) is 5.92 Å². The molecule has 1 N–H and O–H groups in total. The Hall–Kier alpha value is -4.18. The number of anilines is 3. The number of nitrogens with zero attached hydrogens (tertiary/aromatic N) is 6. The molecule has 2 aromatic carbocycles. The van der Waals surface area contributed by atoms with E-state index in [0.29, 0.717) is 41.6 Å². The van der Waals surface area contributed by atoms with Crippen LogP contribution in [0.2, 0.25) is 0 Å². The lowest BCUT2D eigenvalue weighted by molar-refractivity contribution is -0.384. The number of methoxy groups -OCH3 is 1. The molecule has 10 heteroatoms. The Bertz CT molecular complexity index is 1500. The molecule has 2 heterocycles. The van der Waals surface area contributed by atoms with Gasteiger partial charge in [0.25, 0.3) is 5.69 Å². The third kappa shape index (κ3) is 5.51. The van der Waals surface area contributed by atoms with E-state index >= 15 is 0 Å². The minimum absolute atomic E-state index is 0.0205. The molecule has 0 aliphatic heterocycles. The van der Waals surface area contributed by atoms with Gasteiger partial charge in [-0.25, -0.2) is 9.97 Å². The van der Waals surface area contributed by atoms with E-state index in [4.69, 9.17) is 9.72 Å². The van der Waals surface area contributed by atoms with Crippen molar-refractivity contribution in [1.82, 2.24) is 19.4 Å². The van der Waals surface area contributed by atoms with Crippen LogP contribution in [0.5, 0.6) is 5.75 Å². The Labute approximate surface area is 228 Å². The molecule has 39 heavy (non-hydrogen) atoms. The van der Waals surface area contributed by atoms with Crippen molar-refractivity contribution < 1.29 is 9.66 Å². The van der Waals surface area contributed by atoms with E-state index in [1.54, 1.807) is 19.4 Å². The third-order valence-electron chi connectivity index (χ3n) is 7.45. The number of benzene rings is 2. The second-order valence-corrected chi connectivity index (χ2v) is 10.5. The summed E-state index contributed by atoms with van der Waals surface area (Å²) in [6, 6.07) is 13.9. The number of fused-ring (bicyclic) bond motifs is 1. The summed E-state index contributed by atoms with van der Waals surface area (Å²) in [5.74, 6) is 1.52. The van der Waals surface area contributed by atoms with Crippen molar-refractivity contribution in [2.45, 2.75) is 25.8 Å². The number of hydrogen-bond donors (Lipinski definition) is 1. The van der Waals surface area contributed by atoms with Crippen molar-refractivity contribution in [3.8, 4) is 17.0 Å². The number of rotatable bonds is 11. The minimum atomic E-state index is -0.376. The van der Waals surface area contributed by atoms with Crippen LogP contribution >= 0.6 is 0 Å². The zero-order valence-electron chi connectivity index (χ0n) is 23.1. The van der Waals surface area contributed by atoms with Crippen molar-refractivity contribution in [2.75, 3.05) is 51.6 Å². The monoisotopic (exact) mass is 529 g/mol. The summed E-state index contributed by atoms with van der Waals surface area (Å²) < 4.78 is 7.97. The molecule has 0 bridgehead atoms. The maximum absolute atomic E-state index is 12.0. The predicted molar refractivity (Wildman–Crippen MR) is 155 cm³/mol. The van der Waals surface area contributed by atoms with Gasteiger partial charge in [-0.3, -0.25) is 10.1 Å². The highest BCUT2D eigenvalue weighted by molar-refractivity contribution is 5.95. The van der Waals surface area contributed by atoms with E-state index in [1.165, 1.54) is 24.4 Å². The number of para-hydroxylation sites is 1. The van der Waals surface area contributed by atoms with Gasteiger partial charge in [-0.2, -0.15) is 0 Å². The largest absolute Gasteiger partial charge is 0.494 e. The van der Waals surface area contributed by atoms with Gasteiger partial charge in [0.2, 0.25) is 5.95 Å². The molecule has 4 aromatic rings. The molecule has 0 spiro atoms. The molecule has 0 radical (unpaired) electrons. The van der Waals surface area contributed by atoms with Crippen LogP contribution in [0.15, 0.2) is 54.9 Å². The van der Waals surface area contributed by atoms with Gasteiger partial charge < -0.3 is 24.4 Å². The normalized spacial score (nSPS) is 14.0. The van der Waals surface area contributed by atoms with Gasteiger partial charge in [0, 0.05) is 67.2 Å². The first-order valence-corrected chi connectivity index (χ1v) is 13.2. The van der Waals surface area contributed by atoms with Crippen LogP contribution in [0.4, 0.5) is 23.0 Å². The lowest BCUT2D eigenvalue weighted by atomic mass is 10.1. The molecular weight excluding hydrogens is 494 g/mol. The van der Waals surface area contributed by atoms with Crippen LogP contribution in [0.1, 0.15) is 25.8 Å². The second-order valence-electron chi connectivity index (χ2n) is 10.5. The van der Waals surface area contributed by atoms with Gasteiger partial charge in [-0.1, -0.05) is 18.2 Å². The molecule has 1 aliphatic rings. The Morgan fingerprint density at radius 1 is 1.18 bits per heavy atom. The number of aromatic nitrogens is 3. The fourth-order valence-electron chi connectivity index (χ4n) is 4.99. The second kappa shape index (κ2) is 10.9. The van der Waals surface area contributed by atoms with Crippen LogP contribution in [-0.4, -0.2) is 65.7 Å². The molecule has 204 valence electrons. The van der Waals surface area contributed by atoms with E-state index < -0.39 is 0 Å². The SMILES string of the molecule is COc1cc(N(C)CCN(C)C)c([N+](=O)[O-])cc1Nc1nccc(-c2cn(C(C)C3CC3)c3ccccc23)n1. The molecule has 1 fully saturated rings.